The molecule has 3 aromatic carbocycles. The lowest BCUT2D eigenvalue weighted by Gasteiger charge is -2.10. The maximum absolute atomic E-state index is 5.83. The van der Waals surface area contributed by atoms with E-state index in [-0.39, 0.29) is 0 Å². The van der Waals surface area contributed by atoms with Gasteiger partial charge in [-0.3, -0.25) is 0 Å². The Morgan fingerprint density at radius 3 is 2.29 bits per heavy atom. The van der Waals surface area contributed by atoms with E-state index in [1.807, 2.05) is 30.3 Å². The highest BCUT2D eigenvalue weighted by Gasteiger charge is 2.12. The fourth-order valence-electron chi connectivity index (χ4n) is 3.04. The van der Waals surface area contributed by atoms with Crippen molar-refractivity contribution in [2.45, 2.75) is 13.0 Å². The smallest absolute Gasteiger partial charge is 0.141 e. The molecule has 0 saturated heterocycles. The largest absolute Gasteiger partial charge is 0.399 e. The molecule has 4 aromatic rings. The number of nitrogen functional groups attached to an aromatic ring is 1. The van der Waals surface area contributed by atoms with Gasteiger partial charge in [0.25, 0.3) is 0 Å². The summed E-state index contributed by atoms with van der Waals surface area (Å²) in [4.78, 5) is 4.85. The summed E-state index contributed by atoms with van der Waals surface area (Å²) in [6.07, 6.45) is 0.975. The Morgan fingerprint density at radius 2 is 1.50 bits per heavy atom. The van der Waals surface area contributed by atoms with Crippen molar-refractivity contribution in [2.75, 3.05) is 5.73 Å². The molecule has 3 nitrogen and oxygen atoms in total. The highest BCUT2D eigenvalue weighted by Crippen LogP contribution is 2.26. The second-order valence-corrected chi connectivity index (χ2v) is 5.93. The average molecular weight is 313 g/mol. The van der Waals surface area contributed by atoms with Gasteiger partial charge in [-0.15, -0.1) is 0 Å². The minimum atomic E-state index is 0.769. The van der Waals surface area contributed by atoms with Crippen LogP contribution in [0.25, 0.3) is 22.4 Å². The first kappa shape index (κ1) is 14.5. The first-order valence-corrected chi connectivity index (χ1v) is 8.16. The number of nitrogens with two attached hydrogens (primary N) is 1. The van der Waals surface area contributed by atoms with Gasteiger partial charge in [0, 0.05) is 17.8 Å². The van der Waals surface area contributed by atoms with Crippen molar-refractivity contribution in [3.63, 3.8) is 0 Å². The molecular formula is C21H19N3. The third-order valence-corrected chi connectivity index (χ3v) is 4.29. The predicted molar refractivity (Wildman–Crippen MR) is 99.7 cm³/mol. The Kier molecular flexibility index (Phi) is 3.75. The molecule has 0 bridgehead atoms. The minimum absolute atomic E-state index is 0.769. The number of benzene rings is 3. The van der Waals surface area contributed by atoms with Crippen molar-refractivity contribution in [2.24, 2.45) is 0 Å². The molecule has 0 aliphatic heterocycles. The second kappa shape index (κ2) is 6.20. The minimum Gasteiger partial charge on any atom is -0.399 e. The monoisotopic (exact) mass is 313 g/mol. The third kappa shape index (κ3) is 2.76. The highest BCUT2D eigenvalue weighted by atomic mass is 15.1. The molecule has 0 saturated carbocycles. The van der Waals surface area contributed by atoms with Crippen LogP contribution >= 0.6 is 0 Å². The van der Waals surface area contributed by atoms with Gasteiger partial charge in [-0.25, -0.2) is 4.98 Å². The summed E-state index contributed by atoms with van der Waals surface area (Å²) in [7, 11) is 0. The van der Waals surface area contributed by atoms with E-state index in [2.05, 4.69) is 53.1 Å². The number of para-hydroxylation sites is 2. The Morgan fingerprint density at radius 1 is 0.792 bits per heavy atom. The third-order valence-electron chi connectivity index (χ3n) is 4.29. The van der Waals surface area contributed by atoms with Gasteiger partial charge < -0.3 is 10.3 Å². The van der Waals surface area contributed by atoms with Gasteiger partial charge in [0.1, 0.15) is 5.82 Å². The molecule has 1 heterocycles. The van der Waals surface area contributed by atoms with Crippen LogP contribution in [-0.4, -0.2) is 9.55 Å². The van der Waals surface area contributed by atoms with Gasteiger partial charge in [0.15, 0.2) is 0 Å². The fourth-order valence-corrected chi connectivity index (χ4v) is 3.04. The van der Waals surface area contributed by atoms with Crippen molar-refractivity contribution < 1.29 is 0 Å². The van der Waals surface area contributed by atoms with E-state index >= 15 is 0 Å². The van der Waals surface area contributed by atoms with E-state index in [0.717, 1.165) is 35.6 Å². The molecule has 1 aromatic heterocycles. The number of aryl methyl sites for hydroxylation is 2. The van der Waals surface area contributed by atoms with Gasteiger partial charge in [-0.05, 0) is 48.4 Å². The van der Waals surface area contributed by atoms with Crippen LogP contribution in [0.5, 0.6) is 0 Å². The van der Waals surface area contributed by atoms with Crippen molar-refractivity contribution in [3.8, 4) is 11.4 Å². The van der Waals surface area contributed by atoms with E-state index < -0.39 is 0 Å². The lowest BCUT2D eigenvalue weighted by Crippen LogP contribution is -2.03. The summed E-state index contributed by atoms with van der Waals surface area (Å²) in [6.45, 7) is 0.893. The van der Waals surface area contributed by atoms with E-state index in [9.17, 15) is 0 Å². The first-order chi connectivity index (χ1) is 11.8. The fraction of sp³-hybridized carbons (Fsp3) is 0.0952. The zero-order chi connectivity index (χ0) is 16.4. The topological polar surface area (TPSA) is 43.8 Å². The molecule has 0 fully saturated rings. The number of imidazole rings is 1. The summed E-state index contributed by atoms with van der Waals surface area (Å²) in [5, 5.41) is 0. The zero-order valence-electron chi connectivity index (χ0n) is 13.4. The SMILES string of the molecule is Nc1ccc(-c2nc3ccccc3n2CCc2ccccc2)cc1. The number of hydrogen-bond acceptors (Lipinski definition) is 2. The van der Waals surface area contributed by atoms with Gasteiger partial charge in [0.05, 0.1) is 11.0 Å². The molecule has 0 aliphatic carbocycles. The van der Waals surface area contributed by atoms with Crippen LogP contribution in [0.3, 0.4) is 0 Å². The van der Waals surface area contributed by atoms with Gasteiger partial charge in [-0.1, -0.05) is 42.5 Å². The van der Waals surface area contributed by atoms with Crippen LogP contribution in [0.15, 0.2) is 78.9 Å². The van der Waals surface area contributed by atoms with Crippen molar-refractivity contribution in [1.82, 2.24) is 9.55 Å². The molecule has 0 atom stereocenters. The van der Waals surface area contributed by atoms with Gasteiger partial charge >= 0.3 is 0 Å². The van der Waals surface area contributed by atoms with Crippen molar-refractivity contribution >= 4 is 16.7 Å². The van der Waals surface area contributed by atoms with E-state index in [4.69, 9.17) is 10.7 Å². The predicted octanol–water partition coefficient (Wildman–Crippen LogP) is 4.53. The second-order valence-electron chi connectivity index (χ2n) is 5.93. The summed E-state index contributed by atoms with van der Waals surface area (Å²) in [5.41, 5.74) is 11.2. The molecule has 0 radical (unpaired) electrons. The molecule has 3 heteroatoms. The van der Waals surface area contributed by atoms with E-state index in [1.165, 1.54) is 11.1 Å². The normalized spacial score (nSPS) is 11.0. The summed E-state index contributed by atoms with van der Waals surface area (Å²) >= 11 is 0. The Labute approximate surface area is 141 Å². The number of hydrogen-bond donors (Lipinski definition) is 1. The number of nitrogens with zero attached hydrogens (tertiary/aromatic N) is 2. The molecule has 118 valence electrons. The van der Waals surface area contributed by atoms with Crippen LogP contribution < -0.4 is 5.73 Å². The molecule has 0 aliphatic rings. The Bertz CT molecular complexity index is 953. The number of aromatic nitrogens is 2. The lowest BCUT2D eigenvalue weighted by molar-refractivity contribution is 0.723. The van der Waals surface area contributed by atoms with Crippen LogP contribution in [-0.2, 0) is 13.0 Å². The van der Waals surface area contributed by atoms with E-state index in [1.54, 1.807) is 0 Å². The molecule has 2 N–H and O–H groups in total. The molecule has 0 amide bonds. The maximum atomic E-state index is 5.83. The summed E-state index contributed by atoms with van der Waals surface area (Å²) in [5.74, 6) is 0.993. The molecular weight excluding hydrogens is 294 g/mol. The quantitative estimate of drug-likeness (QED) is 0.563. The number of rotatable bonds is 4. The maximum Gasteiger partial charge on any atom is 0.141 e. The average Bonchev–Trinajstić information content (AvgIpc) is 3.00. The van der Waals surface area contributed by atoms with Crippen LogP contribution in [0.4, 0.5) is 5.69 Å². The Balaban J connectivity index is 1.77. The first-order valence-electron chi connectivity index (χ1n) is 8.16. The van der Waals surface area contributed by atoms with Gasteiger partial charge in [0.2, 0.25) is 0 Å². The molecule has 24 heavy (non-hydrogen) atoms. The number of fused-ring (bicyclic) bond motifs is 1. The Hall–Kier alpha value is -3.07. The zero-order valence-corrected chi connectivity index (χ0v) is 13.4. The lowest BCUT2D eigenvalue weighted by atomic mass is 10.1. The summed E-state index contributed by atoms with van der Waals surface area (Å²) < 4.78 is 2.30. The van der Waals surface area contributed by atoms with Crippen molar-refractivity contribution in [1.29, 1.82) is 0 Å². The highest BCUT2D eigenvalue weighted by molar-refractivity contribution is 5.80. The van der Waals surface area contributed by atoms with Crippen LogP contribution in [0.2, 0.25) is 0 Å². The van der Waals surface area contributed by atoms with Gasteiger partial charge in [-0.2, -0.15) is 0 Å². The van der Waals surface area contributed by atoms with Crippen molar-refractivity contribution in [3.05, 3.63) is 84.4 Å². The summed E-state index contributed by atoms with van der Waals surface area (Å²) in [6, 6.07) is 26.8. The van der Waals surface area contributed by atoms with E-state index in [0.29, 0.717) is 0 Å². The molecule has 4 rings (SSSR count). The van der Waals surface area contributed by atoms with Crippen LogP contribution in [0.1, 0.15) is 5.56 Å². The molecule has 0 unspecified atom stereocenters. The van der Waals surface area contributed by atoms with Crippen LogP contribution in [0, 0.1) is 0 Å². The molecule has 0 spiro atoms. The number of anilines is 1. The standard InChI is InChI=1S/C21H19N3/c22-18-12-10-17(11-13-18)21-23-19-8-4-5-9-20(19)24(21)15-14-16-6-2-1-3-7-16/h1-13H,14-15,22H2.